The third-order valence-corrected chi connectivity index (χ3v) is 2.79. The first kappa shape index (κ1) is 16.6. The van der Waals surface area contributed by atoms with Crippen LogP contribution >= 0.6 is 12.4 Å². The summed E-state index contributed by atoms with van der Waals surface area (Å²) in [6, 6.07) is 0.185. The summed E-state index contributed by atoms with van der Waals surface area (Å²) in [6.45, 7) is 2.81. The fourth-order valence-electron chi connectivity index (χ4n) is 2.03. The molecule has 0 bridgehead atoms. The second-order valence-corrected chi connectivity index (χ2v) is 4.23. The maximum absolute atomic E-state index is 12.3. The van der Waals surface area contributed by atoms with Gasteiger partial charge in [-0.2, -0.15) is 0 Å². The second-order valence-electron chi connectivity index (χ2n) is 4.23. The molecular formula is C11H21ClF2N2O. The summed E-state index contributed by atoms with van der Waals surface area (Å²) < 4.78 is 24.5. The van der Waals surface area contributed by atoms with Gasteiger partial charge in [0.1, 0.15) is 0 Å². The number of amides is 1. The second kappa shape index (κ2) is 8.64. The molecular weight excluding hydrogens is 250 g/mol. The molecule has 1 fully saturated rings. The summed E-state index contributed by atoms with van der Waals surface area (Å²) in [6.07, 6.45) is 0.677. The van der Waals surface area contributed by atoms with Crippen molar-refractivity contribution in [2.24, 2.45) is 0 Å². The number of carbonyl (C=O) groups excluding carboxylic acids is 1. The van der Waals surface area contributed by atoms with Crippen LogP contribution in [0.1, 0.15) is 32.6 Å². The van der Waals surface area contributed by atoms with E-state index in [0.29, 0.717) is 13.0 Å². The van der Waals surface area contributed by atoms with E-state index in [2.05, 4.69) is 5.32 Å². The lowest BCUT2D eigenvalue weighted by Gasteiger charge is -2.23. The highest BCUT2D eigenvalue weighted by atomic mass is 35.5. The predicted molar refractivity (Wildman–Crippen MR) is 65.8 cm³/mol. The third kappa shape index (κ3) is 6.17. The van der Waals surface area contributed by atoms with Gasteiger partial charge in [0.25, 0.3) is 6.43 Å². The van der Waals surface area contributed by atoms with Crippen molar-refractivity contribution in [3.8, 4) is 0 Å². The van der Waals surface area contributed by atoms with Gasteiger partial charge in [-0.05, 0) is 25.8 Å². The standard InChI is InChI=1S/C11H20F2N2O.ClH/c1-2-6-15(8-10(12)13)11(16)7-9-4-3-5-14-9;/h9-10,14H,2-8H2,1H3;1H. The molecule has 1 N–H and O–H groups in total. The van der Waals surface area contributed by atoms with Crippen molar-refractivity contribution in [1.29, 1.82) is 0 Å². The zero-order valence-corrected chi connectivity index (χ0v) is 10.9. The fourth-order valence-corrected chi connectivity index (χ4v) is 2.03. The van der Waals surface area contributed by atoms with Crippen LogP contribution in [0.5, 0.6) is 0 Å². The van der Waals surface area contributed by atoms with Crippen LogP contribution in [0.3, 0.4) is 0 Å². The smallest absolute Gasteiger partial charge is 0.255 e. The summed E-state index contributed by atoms with van der Waals surface area (Å²) >= 11 is 0. The van der Waals surface area contributed by atoms with Gasteiger partial charge < -0.3 is 10.2 Å². The number of nitrogens with zero attached hydrogens (tertiary/aromatic N) is 1. The van der Waals surface area contributed by atoms with Gasteiger partial charge in [-0.3, -0.25) is 4.79 Å². The molecule has 17 heavy (non-hydrogen) atoms. The molecule has 3 nitrogen and oxygen atoms in total. The average molecular weight is 271 g/mol. The van der Waals surface area contributed by atoms with E-state index in [4.69, 9.17) is 0 Å². The average Bonchev–Trinajstić information content (AvgIpc) is 2.69. The van der Waals surface area contributed by atoms with E-state index in [1.807, 2.05) is 6.92 Å². The Labute approximate surface area is 107 Å². The van der Waals surface area contributed by atoms with Crippen LogP contribution in [0, 0.1) is 0 Å². The quantitative estimate of drug-likeness (QED) is 0.801. The third-order valence-electron chi connectivity index (χ3n) is 2.79. The van der Waals surface area contributed by atoms with Crippen molar-refractivity contribution < 1.29 is 13.6 Å². The van der Waals surface area contributed by atoms with Crippen molar-refractivity contribution in [2.75, 3.05) is 19.6 Å². The molecule has 0 aliphatic carbocycles. The fraction of sp³-hybridized carbons (Fsp3) is 0.909. The molecule has 1 heterocycles. The van der Waals surface area contributed by atoms with E-state index < -0.39 is 13.0 Å². The Kier molecular flexibility index (Phi) is 8.43. The molecule has 1 unspecified atom stereocenters. The molecule has 0 aromatic heterocycles. The molecule has 0 aromatic carbocycles. The van der Waals surface area contributed by atoms with Crippen molar-refractivity contribution in [1.82, 2.24) is 10.2 Å². The summed E-state index contributed by atoms with van der Waals surface area (Å²) in [5, 5.41) is 3.20. The molecule has 1 amide bonds. The Morgan fingerprint density at radius 3 is 2.71 bits per heavy atom. The highest BCUT2D eigenvalue weighted by Crippen LogP contribution is 2.11. The van der Waals surface area contributed by atoms with E-state index in [1.54, 1.807) is 0 Å². The minimum Gasteiger partial charge on any atom is -0.337 e. The lowest BCUT2D eigenvalue weighted by atomic mass is 10.1. The molecule has 1 aliphatic heterocycles. The Morgan fingerprint density at radius 1 is 1.53 bits per heavy atom. The predicted octanol–water partition coefficient (Wildman–Crippen LogP) is 2.05. The molecule has 1 rings (SSSR count). The Bertz CT molecular complexity index is 224. The van der Waals surface area contributed by atoms with Crippen molar-refractivity contribution in [3.05, 3.63) is 0 Å². The van der Waals surface area contributed by atoms with Gasteiger partial charge in [0, 0.05) is 19.0 Å². The van der Waals surface area contributed by atoms with Crippen molar-refractivity contribution in [2.45, 2.75) is 45.1 Å². The highest BCUT2D eigenvalue weighted by molar-refractivity contribution is 5.85. The van der Waals surface area contributed by atoms with Crippen LogP contribution in [-0.4, -0.2) is 42.9 Å². The first-order valence-electron chi connectivity index (χ1n) is 5.92. The maximum Gasteiger partial charge on any atom is 0.255 e. The highest BCUT2D eigenvalue weighted by Gasteiger charge is 2.22. The number of hydrogen-bond donors (Lipinski definition) is 1. The molecule has 0 saturated carbocycles. The molecule has 6 heteroatoms. The SMILES string of the molecule is CCCN(CC(F)F)C(=O)CC1CCCN1.Cl. The topological polar surface area (TPSA) is 32.3 Å². The summed E-state index contributed by atoms with van der Waals surface area (Å²) in [5.41, 5.74) is 0. The molecule has 1 aliphatic rings. The zero-order valence-electron chi connectivity index (χ0n) is 10.1. The normalized spacial score (nSPS) is 19.2. The lowest BCUT2D eigenvalue weighted by Crippen LogP contribution is -2.39. The summed E-state index contributed by atoms with van der Waals surface area (Å²) in [5.74, 6) is -0.151. The summed E-state index contributed by atoms with van der Waals surface area (Å²) in [7, 11) is 0. The van der Waals surface area contributed by atoms with E-state index in [0.717, 1.165) is 25.8 Å². The Balaban J connectivity index is 0.00000256. The minimum absolute atomic E-state index is 0. The summed E-state index contributed by atoms with van der Waals surface area (Å²) in [4.78, 5) is 13.1. The van der Waals surface area contributed by atoms with Gasteiger partial charge in [0.2, 0.25) is 5.91 Å². The molecule has 102 valence electrons. The Hall–Kier alpha value is -0.420. The number of alkyl halides is 2. The van der Waals surface area contributed by atoms with Gasteiger partial charge in [0.15, 0.2) is 0 Å². The molecule has 0 aromatic rings. The van der Waals surface area contributed by atoms with Crippen molar-refractivity contribution >= 4 is 18.3 Å². The number of halogens is 3. The minimum atomic E-state index is -2.44. The van der Waals surface area contributed by atoms with Gasteiger partial charge in [-0.1, -0.05) is 6.92 Å². The van der Waals surface area contributed by atoms with Gasteiger partial charge >= 0.3 is 0 Å². The first-order chi connectivity index (χ1) is 7.63. The van der Waals surface area contributed by atoms with Gasteiger partial charge in [0.05, 0.1) is 6.54 Å². The van der Waals surface area contributed by atoms with Crippen LogP contribution in [0.2, 0.25) is 0 Å². The number of nitrogens with one attached hydrogen (secondary N) is 1. The van der Waals surface area contributed by atoms with Crippen LogP contribution in [0.25, 0.3) is 0 Å². The molecule has 1 saturated heterocycles. The monoisotopic (exact) mass is 270 g/mol. The number of carbonyl (C=O) groups is 1. The van der Waals surface area contributed by atoms with Gasteiger partial charge in [-0.15, -0.1) is 12.4 Å². The van der Waals surface area contributed by atoms with Crippen LogP contribution in [0.15, 0.2) is 0 Å². The van der Waals surface area contributed by atoms with E-state index >= 15 is 0 Å². The maximum atomic E-state index is 12.3. The van der Waals surface area contributed by atoms with E-state index in [9.17, 15) is 13.6 Å². The zero-order chi connectivity index (χ0) is 12.0. The number of hydrogen-bond acceptors (Lipinski definition) is 2. The first-order valence-corrected chi connectivity index (χ1v) is 5.92. The van der Waals surface area contributed by atoms with Crippen molar-refractivity contribution in [3.63, 3.8) is 0 Å². The molecule has 0 radical (unpaired) electrons. The van der Waals surface area contributed by atoms with Crippen LogP contribution in [-0.2, 0) is 4.79 Å². The van der Waals surface area contributed by atoms with Crippen LogP contribution < -0.4 is 5.32 Å². The van der Waals surface area contributed by atoms with Gasteiger partial charge in [-0.25, -0.2) is 8.78 Å². The van der Waals surface area contributed by atoms with E-state index in [-0.39, 0.29) is 24.4 Å². The number of rotatable bonds is 6. The Morgan fingerprint density at radius 2 is 2.24 bits per heavy atom. The van der Waals surface area contributed by atoms with Crippen LogP contribution in [0.4, 0.5) is 8.78 Å². The molecule has 1 atom stereocenters. The lowest BCUT2D eigenvalue weighted by molar-refractivity contribution is -0.133. The van der Waals surface area contributed by atoms with E-state index in [1.165, 1.54) is 4.90 Å². The molecule has 0 spiro atoms. The largest absolute Gasteiger partial charge is 0.337 e.